The van der Waals surface area contributed by atoms with Crippen molar-refractivity contribution in [3.8, 4) is 0 Å². The highest BCUT2D eigenvalue weighted by molar-refractivity contribution is 5.33. The summed E-state index contributed by atoms with van der Waals surface area (Å²) in [5, 5.41) is 12.7. The Morgan fingerprint density at radius 3 is 1.85 bits per heavy atom. The summed E-state index contributed by atoms with van der Waals surface area (Å²) in [6.45, 7) is 15.7. The summed E-state index contributed by atoms with van der Waals surface area (Å²) in [5.41, 5.74) is 1.45. The highest BCUT2D eigenvalue weighted by Gasteiger charge is 2.52. The zero-order chi connectivity index (χ0) is 15.6. The third-order valence-electron chi connectivity index (χ3n) is 5.89. The van der Waals surface area contributed by atoms with E-state index in [2.05, 4.69) is 54.5 Å². The molecule has 0 bridgehead atoms. The van der Waals surface area contributed by atoms with Crippen molar-refractivity contribution in [2.24, 2.45) is 5.41 Å². The number of rotatable bonds is 7. The fourth-order valence-corrected chi connectivity index (χ4v) is 3.70. The summed E-state index contributed by atoms with van der Waals surface area (Å²) in [5.74, 6) is 0. The third-order valence-corrected chi connectivity index (χ3v) is 5.89. The second-order valence-electron chi connectivity index (χ2n) is 7.23. The van der Waals surface area contributed by atoms with Gasteiger partial charge < -0.3 is 5.21 Å². The van der Waals surface area contributed by atoms with E-state index in [-0.39, 0.29) is 11.1 Å². The largest absolute Gasteiger partial charge is 0.312 e. The summed E-state index contributed by atoms with van der Waals surface area (Å²) < 4.78 is 0. The first-order valence-electron chi connectivity index (χ1n) is 8.48. The van der Waals surface area contributed by atoms with Gasteiger partial charge in [-0.05, 0) is 43.1 Å². The summed E-state index contributed by atoms with van der Waals surface area (Å²) in [6.07, 6.45) is 8.56. The van der Waals surface area contributed by atoms with Gasteiger partial charge in [-0.15, -0.1) is 0 Å². The lowest BCUT2D eigenvalue weighted by molar-refractivity contribution is -0.209. The quantitative estimate of drug-likeness (QED) is 0.617. The molecule has 1 N–H and O–H groups in total. The Labute approximate surface area is 126 Å². The highest BCUT2D eigenvalue weighted by atomic mass is 16.5. The van der Waals surface area contributed by atoms with Gasteiger partial charge in [0.25, 0.3) is 0 Å². The van der Waals surface area contributed by atoms with Crippen LogP contribution in [0.3, 0.4) is 0 Å². The lowest BCUT2D eigenvalue weighted by Crippen LogP contribution is -2.53. The van der Waals surface area contributed by atoms with Gasteiger partial charge in [-0.25, -0.2) is 0 Å². The molecule has 118 valence electrons. The van der Waals surface area contributed by atoms with Crippen LogP contribution in [0.5, 0.6) is 0 Å². The predicted molar refractivity (Wildman–Crippen MR) is 87.0 cm³/mol. The fourth-order valence-electron chi connectivity index (χ4n) is 3.70. The third kappa shape index (κ3) is 2.69. The van der Waals surface area contributed by atoms with Crippen LogP contribution >= 0.6 is 0 Å². The Hall–Kier alpha value is -0.340. The highest BCUT2D eigenvalue weighted by Crippen LogP contribution is 2.50. The van der Waals surface area contributed by atoms with Crippen LogP contribution in [0, 0.1) is 5.41 Å². The van der Waals surface area contributed by atoms with Gasteiger partial charge in [0.15, 0.2) is 0 Å². The Kier molecular flexibility index (Phi) is 5.48. The normalized spacial score (nSPS) is 22.1. The van der Waals surface area contributed by atoms with Crippen molar-refractivity contribution in [1.82, 2.24) is 5.06 Å². The number of hydrogen-bond donors (Lipinski definition) is 1. The van der Waals surface area contributed by atoms with Gasteiger partial charge in [-0.3, -0.25) is 0 Å². The van der Waals surface area contributed by atoms with Crippen LogP contribution in [0.1, 0.15) is 87.0 Å². The molecule has 0 saturated carbocycles. The lowest BCUT2D eigenvalue weighted by atomic mass is 9.75. The first-order valence-corrected chi connectivity index (χ1v) is 8.48. The Balaban J connectivity index is 3.27. The van der Waals surface area contributed by atoms with Crippen LogP contribution in [-0.2, 0) is 0 Å². The average Bonchev–Trinajstić information content (AvgIpc) is 2.68. The Morgan fingerprint density at radius 2 is 1.50 bits per heavy atom. The van der Waals surface area contributed by atoms with E-state index in [1.54, 1.807) is 5.06 Å². The van der Waals surface area contributed by atoms with Crippen LogP contribution in [0.25, 0.3) is 0 Å². The maximum absolute atomic E-state index is 11.0. The molecule has 0 atom stereocenters. The molecule has 0 aromatic rings. The molecular formula is C18H35NO. The van der Waals surface area contributed by atoms with Gasteiger partial charge in [-0.2, -0.15) is 5.06 Å². The van der Waals surface area contributed by atoms with E-state index in [0.717, 1.165) is 32.1 Å². The van der Waals surface area contributed by atoms with Gasteiger partial charge in [0.05, 0.1) is 11.1 Å². The van der Waals surface area contributed by atoms with Crippen LogP contribution in [-0.4, -0.2) is 21.3 Å². The van der Waals surface area contributed by atoms with E-state index < -0.39 is 0 Å². The maximum atomic E-state index is 11.0. The fraction of sp³-hybridized carbons (Fsp3) is 0.889. The van der Waals surface area contributed by atoms with Gasteiger partial charge >= 0.3 is 0 Å². The number of hydroxylamine groups is 2. The van der Waals surface area contributed by atoms with E-state index in [0.29, 0.717) is 5.41 Å². The predicted octanol–water partition coefficient (Wildman–Crippen LogP) is 5.56. The summed E-state index contributed by atoms with van der Waals surface area (Å²) >= 11 is 0. The minimum atomic E-state index is -0.162. The van der Waals surface area contributed by atoms with Gasteiger partial charge in [0, 0.05) is 0 Å². The van der Waals surface area contributed by atoms with Crippen LogP contribution < -0.4 is 0 Å². The second-order valence-corrected chi connectivity index (χ2v) is 7.23. The average molecular weight is 281 g/mol. The first kappa shape index (κ1) is 17.7. The molecule has 0 saturated heterocycles. The van der Waals surface area contributed by atoms with Crippen molar-refractivity contribution in [2.45, 2.75) is 98.1 Å². The van der Waals surface area contributed by atoms with Crippen molar-refractivity contribution >= 4 is 0 Å². The van der Waals surface area contributed by atoms with Crippen molar-refractivity contribution in [1.29, 1.82) is 0 Å². The van der Waals surface area contributed by atoms with Crippen molar-refractivity contribution in [3.63, 3.8) is 0 Å². The van der Waals surface area contributed by atoms with Crippen molar-refractivity contribution in [2.75, 3.05) is 0 Å². The summed E-state index contributed by atoms with van der Waals surface area (Å²) in [6, 6.07) is 0. The van der Waals surface area contributed by atoms with Crippen LogP contribution in [0.15, 0.2) is 11.6 Å². The molecule has 0 spiro atoms. The number of nitrogens with zero attached hydrogens (tertiary/aromatic N) is 1. The topological polar surface area (TPSA) is 23.5 Å². The minimum absolute atomic E-state index is 0.154. The Bertz CT molecular complexity index is 348. The zero-order valence-electron chi connectivity index (χ0n) is 14.7. The SMILES string of the molecule is CCC(C)(C)CC1=CC(CC)(CC)N(O)C1(CC)CC. The van der Waals surface area contributed by atoms with E-state index in [9.17, 15) is 5.21 Å². The molecule has 2 nitrogen and oxygen atoms in total. The van der Waals surface area contributed by atoms with Crippen LogP contribution in [0.2, 0.25) is 0 Å². The molecule has 0 amide bonds. The van der Waals surface area contributed by atoms with Gasteiger partial charge in [-0.1, -0.05) is 61.0 Å². The number of hydrogen-bond acceptors (Lipinski definition) is 2. The van der Waals surface area contributed by atoms with Gasteiger partial charge in [0.1, 0.15) is 0 Å². The molecule has 0 unspecified atom stereocenters. The first-order chi connectivity index (χ1) is 9.27. The lowest BCUT2D eigenvalue weighted by Gasteiger charge is -2.44. The maximum Gasteiger partial charge on any atom is 0.0674 e. The zero-order valence-corrected chi connectivity index (χ0v) is 14.7. The summed E-state index contributed by atoms with van der Waals surface area (Å²) in [7, 11) is 0. The van der Waals surface area contributed by atoms with Crippen molar-refractivity contribution in [3.05, 3.63) is 11.6 Å². The monoisotopic (exact) mass is 281 g/mol. The molecule has 1 rings (SSSR count). The molecular weight excluding hydrogens is 246 g/mol. The Morgan fingerprint density at radius 1 is 1.00 bits per heavy atom. The summed E-state index contributed by atoms with van der Waals surface area (Å²) in [4.78, 5) is 0. The molecule has 0 radical (unpaired) electrons. The minimum Gasteiger partial charge on any atom is -0.312 e. The standard InChI is InChI=1S/C18H35NO/c1-8-16(6,7)13-15-14-17(9-2,10-3)19(20)18(15,11-4)12-5/h14,20H,8-13H2,1-7H3. The molecule has 1 heterocycles. The molecule has 0 aromatic carbocycles. The van der Waals surface area contributed by atoms with E-state index in [1.807, 2.05) is 0 Å². The molecule has 20 heavy (non-hydrogen) atoms. The van der Waals surface area contributed by atoms with Gasteiger partial charge in [0.2, 0.25) is 0 Å². The molecule has 0 aliphatic carbocycles. The van der Waals surface area contributed by atoms with E-state index in [4.69, 9.17) is 0 Å². The molecule has 0 aromatic heterocycles. The smallest absolute Gasteiger partial charge is 0.0674 e. The van der Waals surface area contributed by atoms with E-state index in [1.165, 1.54) is 12.0 Å². The van der Waals surface area contributed by atoms with Crippen LogP contribution in [0.4, 0.5) is 0 Å². The molecule has 1 aliphatic rings. The molecule has 1 aliphatic heterocycles. The molecule has 2 heteroatoms. The molecule has 0 fully saturated rings. The van der Waals surface area contributed by atoms with Crippen molar-refractivity contribution < 1.29 is 5.21 Å². The second kappa shape index (κ2) is 6.19. The van der Waals surface area contributed by atoms with E-state index >= 15 is 0 Å².